The average molecular weight is 379 g/mol. The molecule has 0 aromatic rings. The Bertz CT molecular complexity index is 315. The fourth-order valence-corrected chi connectivity index (χ4v) is 3.29. The molecule has 1 N–H and O–H groups in total. The van der Waals surface area contributed by atoms with E-state index in [-0.39, 0.29) is 24.0 Å². The Morgan fingerprint density at radius 3 is 2.68 bits per heavy atom. The molecule has 2 fully saturated rings. The van der Waals surface area contributed by atoms with E-state index in [1.165, 1.54) is 45.2 Å². The highest BCUT2D eigenvalue weighted by atomic mass is 127. The van der Waals surface area contributed by atoms with Crippen LogP contribution in [-0.2, 0) is 0 Å². The highest BCUT2D eigenvalue weighted by Crippen LogP contribution is 2.34. The molecule has 0 spiro atoms. The first kappa shape index (κ1) is 17.1. The second-order valence-electron chi connectivity index (χ2n) is 6.60. The van der Waals surface area contributed by atoms with Gasteiger partial charge in [0.25, 0.3) is 0 Å². The van der Waals surface area contributed by atoms with Crippen LogP contribution in [0.3, 0.4) is 0 Å². The maximum atomic E-state index is 4.48. The number of halogens is 1. The molecule has 1 heterocycles. The summed E-state index contributed by atoms with van der Waals surface area (Å²) in [5.41, 5.74) is 0.486. The summed E-state index contributed by atoms with van der Waals surface area (Å²) in [4.78, 5) is 6.96. The lowest BCUT2D eigenvalue weighted by molar-refractivity contribution is 0.142. The van der Waals surface area contributed by atoms with Gasteiger partial charge in [0.15, 0.2) is 5.96 Å². The van der Waals surface area contributed by atoms with Gasteiger partial charge in [-0.1, -0.05) is 27.2 Å². The van der Waals surface area contributed by atoms with Crippen LogP contribution in [0.25, 0.3) is 0 Å². The van der Waals surface area contributed by atoms with Crippen LogP contribution < -0.4 is 5.32 Å². The Morgan fingerprint density at radius 1 is 1.47 bits per heavy atom. The van der Waals surface area contributed by atoms with Gasteiger partial charge in [0.05, 0.1) is 0 Å². The molecule has 1 aliphatic carbocycles. The van der Waals surface area contributed by atoms with E-state index in [1.807, 2.05) is 7.05 Å². The van der Waals surface area contributed by atoms with Crippen LogP contribution in [0.5, 0.6) is 0 Å². The SMILES string of the molecule is CCCC1(C)CCCN(C(=NC)NC2CC2C)C1.I. The summed E-state index contributed by atoms with van der Waals surface area (Å²) in [5.74, 6) is 1.96. The molecule has 3 atom stereocenters. The molecule has 1 saturated carbocycles. The predicted octanol–water partition coefficient (Wildman–Crippen LogP) is 3.49. The molecule has 3 unspecified atom stereocenters. The number of guanidine groups is 1. The van der Waals surface area contributed by atoms with Crippen molar-refractivity contribution in [1.29, 1.82) is 0 Å². The molecule has 2 aliphatic rings. The van der Waals surface area contributed by atoms with Crippen molar-refractivity contribution in [2.45, 2.75) is 58.9 Å². The summed E-state index contributed by atoms with van der Waals surface area (Å²) < 4.78 is 0. The Kier molecular flexibility index (Phi) is 6.40. The lowest BCUT2D eigenvalue weighted by atomic mass is 9.78. The van der Waals surface area contributed by atoms with Crippen LogP contribution in [0.4, 0.5) is 0 Å². The minimum atomic E-state index is 0. The minimum Gasteiger partial charge on any atom is -0.353 e. The molecule has 3 nitrogen and oxygen atoms in total. The third kappa shape index (κ3) is 4.50. The van der Waals surface area contributed by atoms with Gasteiger partial charge >= 0.3 is 0 Å². The van der Waals surface area contributed by atoms with Crippen molar-refractivity contribution in [2.24, 2.45) is 16.3 Å². The zero-order valence-electron chi connectivity index (χ0n) is 12.9. The Balaban J connectivity index is 0.00000180. The third-order valence-electron chi connectivity index (χ3n) is 4.57. The van der Waals surface area contributed by atoms with Gasteiger partial charge in [-0.2, -0.15) is 0 Å². The number of rotatable bonds is 3. The van der Waals surface area contributed by atoms with Gasteiger partial charge < -0.3 is 10.2 Å². The number of nitrogens with zero attached hydrogens (tertiary/aromatic N) is 2. The van der Waals surface area contributed by atoms with Crippen LogP contribution in [0.2, 0.25) is 0 Å². The van der Waals surface area contributed by atoms with Crippen molar-refractivity contribution in [1.82, 2.24) is 10.2 Å². The summed E-state index contributed by atoms with van der Waals surface area (Å²) in [7, 11) is 1.92. The molecule has 1 aliphatic heterocycles. The maximum absolute atomic E-state index is 4.48. The van der Waals surface area contributed by atoms with Crippen molar-refractivity contribution in [3.8, 4) is 0 Å². The van der Waals surface area contributed by atoms with Crippen LogP contribution in [-0.4, -0.2) is 37.0 Å². The maximum Gasteiger partial charge on any atom is 0.193 e. The van der Waals surface area contributed by atoms with E-state index in [4.69, 9.17) is 0 Å². The molecule has 0 radical (unpaired) electrons. The summed E-state index contributed by atoms with van der Waals surface area (Å²) in [6.07, 6.45) is 6.60. The van der Waals surface area contributed by atoms with Gasteiger partial charge in [-0.25, -0.2) is 0 Å². The van der Waals surface area contributed by atoms with E-state index in [0.29, 0.717) is 11.5 Å². The Labute approximate surface area is 135 Å². The van der Waals surface area contributed by atoms with Crippen molar-refractivity contribution in [3.05, 3.63) is 0 Å². The van der Waals surface area contributed by atoms with Gasteiger partial charge in [0.1, 0.15) is 0 Å². The normalized spacial score (nSPS) is 34.7. The number of piperidine rings is 1. The molecular weight excluding hydrogens is 349 g/mol. The van der Waals surface area contributed by atoms with Gasteiger partial charge in [0, 0.05) is 26.2 Å². The molecule has 112 valence electrons. The first-order chi connectivity index (χ1) is 8.58. The lowest BCUT2D eigenvalue weighted by Gasteiger charge is -2.42. The van der Waals surface area contributed by atoms with Crippen LogP contribution in [0, 0.1) is 11.3 Å². The molecular formula is C15H30IN3. The highest BCUT2D eigenvalue weighted by Gasteiger charge is 2.36. The largest absolute Gasteiger partial charge is 0.353 e. The minimum absolute atomic E-state index is 0. The van der Waals surface area contributed by atoms with Gasteiger partial charge in [0.2, 0.25) is 0 Å². The summed E-state index contributed by atoms with van der Waals surface area (Å²) >= 11 is 0. The van der Waals surface area contributed by atoms with E-state index >= 15 is 0 Å². The van der Waals surface area contributed by atoms with Gasteiger partial charge in [-0.3, -0.25) is 4.99 Å². The molecule has 19 heavy (non-hydrogen) atoms. The number of nitrogens with one attached hydrogen (secondary N) is 1. The second kappa shape index (κ2) is 7.14. The predicted molar refractivity (Wildman–Crippen MR) is 93.3 cm³/mol. The van der Waals surface area contributed by atoms with Crippen molar-refractivity contribution in [3.63, 3.8) is 0 Å². The van der Waals surface area contributed by atoms with E-state index in [1.54, 1.807) is 0 Å². The number of hydrogen-bond donors (Lipinski definition) is 1. The first-order valence-corrected chi connectivity index (χ1v) is 7.56. The molecule has 0 amide bonds. The van der Waals surface area contributed by atoms with Crippen LogP contribution >= 0.6 is 24.0 Å². The summed E-state index contributed by atoms with van der Waals surface area (Å²) in [5, 5.41) is 3.62. The zero-order valence-corrected chi connectivity index (χ0v) is 15.2. The Hall–Kier alpha value is 0. The Morgan fingerprint density at radius 2 is 2.16 bits per heavy atom. The fourth-order valence-electron chi connectivity index (χ4n) is 3.29. The zero-order chi connectivity index (χ0) is 13.2. The first-order valence-electron chi connectivity index (χ1n) is 7.56. The fraction of sp³-hybridized carbons (Fsp3) is 0.933. The monoisotopic (exact) mass is 379 g/mol. The molecule has 0 aromatic carbocycles. The molecule has 0 bridgehead atoms. The quantitative estimate of drug-likeness (QED) is 0.462. The molecule has 1 saturated heterocycles. The van der Waals surface area contributed by atoms with Crippen LogP contribution in [0.1, 0.15) is 52.9 Å². The number of aliphatic imine (C=N–C) groups is 1. The smallest absolute Gasteiger partial charge is 0.193 e. The van der Waals surface area contributed by atoms with Gasteiger partial charge in [-0.15, -0.1) is 24.0 Å². The van der Waals surface area contributed by atoms with Crippen LogP contribution in [0.15, 0.2) is 4.99 Å². The van der Waals surface area contributed by atoms with Crippen molar-refractivity contribution >= 4 is 29.9 Å². The molecule has 4 heteroatoms. The summed E-state index contributed by atoms with van der Waals surface area (Å²) in [6.45, 7) is 9.38. The van der Waals surface area contributed by atoms with Crippen molar-refractivity contribution < 1.29 is 0 Å². The third-order valence-corrected chi connectivity index (χ3v) is 4.57. The number of likely N-dealkylation sites (tertiary alicyclic amines) is 1. The lowest BCUT2D eigenvalue weighted by Crippen LogP contribution is -2.50. The molecule has 0 aromatic heterocycles. The van der Waals surface area contributed by atoms with E-state index in [0.717, 1.165) is 11.9 Å². The molecule has 2 rings (SSSR count). The standard InChI is InChI=1S/C15H29N3.HI/c1-5-7-15(3)8-6-9-18(11-15)14(16-4)17-13-10-12(13)2;/h12-13H,5-11H2,1-4H3,(H,16,17);1H. The van der Waals surface area contributed by atoms with E-state index in [9.17, 15) is 0 Å². The van der Waals surface area contributed by atoms with Crippen molar-refractivity contribution in [2.75, 3.05) is 20.1 Å². The summed E-state index contributed by atoms with van der Waals surface area (Å²) in [6, 6.07) is 0.669. The van der Waals surface area contributed by atoms with Gasteiger partial charge in [-0.05, 0) is 37.0 Å². The topological polar surface area (TPSA) is 27.6 Å². The second-order valence-corrected chi connectivity index (χ2v) is 6.60. The number of hydrogen-bond acceptors (Lipinski definition) is 1. The van der Waals surface area contributed by atoms with E-state index in [2.05, 4.69) is 36.0 Å². The van der Waals surface area contributed by atoms with E-state index < -0.39 is 0 Å². The highest BCUT2D eigenvalue weighted by molar-refractivity contribution is 14.0. The average Bonchev–Trinajstić information content (AvgIpc) is 3.02.